The summed E-state index contributed by atoms with van der Waals surface area (Å²) in [6, 6.07) is 9.10. The topological polar surface area (TPSA) is 69.9 Å². The first-order chi connectivity index (χ1) is 14.7. The molecule has 0 N–H and O–H groups in total. The van der Waals surface area contributed by atoms with Gasteiger partial charge in [0, 0.05) is 6.08 Å². The number of hydrogen-bond acceptors (Lipinski definition) is 6. The first-order valence-electron chi connectivity index (χ1n) is 8.88. The molecule has 3 aromatic rings. The summed E-state index contributed by atoms with van der Waals surface area (Å²) >= 11 is 1.01. The highest BCUT2D eigenvalue weighted by Gasteiger charge is 2.19. The van der Waals surface area contributed by atoms with Gasteiger partial charge < -0.3 is 4.74 Å². The van der Waals surface area contributed by atoms with Gasteiger partial charge in [0.2, 0.25) is 5.16 Å². The molecule has 2 aromatic carbocycles. The van der Waals surface area contributed by atoms with Gasteiger partial charge >= 0.3 is 6.61 Å². The monoisotopic (exact) mass is 452 g/mol. The Balaban J connectivity index is 1.83. The SMILES string of the molecule is Cc1ccc(C)c(-n2nnnc2SCC(=O)c2ccc(C=C(F)F)cc2OC(F)F)c1. The summed E-state index contributed by atoms with van der Waals surface area (Å²) in [5, 5.41) is 11.9. The van der Waals surface area contributed by atoms with Crippen molar-refractivity contribution in [1.82, 2.24) is 20.2 Å². The van der Waals surface area contributed by atoms with Crippen molar-refractivity contribution >= 4 is 23.6 Å². The van der Waals surface area contributed by atoms with Crippen LogP contribution in [0.1, 0.15) is 27.0 Å². The fraction of sp³-hybridized carbons (Fsp3) is 0.200. The van der Waals surface area contributed by atoms with Crippen molar-refractivity contribution in [3.63, 3.8) is 0 Å². The first-order valence-corrected chi connectivity index (χ1v) is 9.86. The number of ether oxygens (including phenoxy) is 1. The standard InChI is InChI=1S/C20H16F4N4O2S/c1-11-3-4-12(2)15(7-11)28-20(25-26-27-28)31-10-16(29)14-6-5-13(9-18(21)22)8-17(14)30-19(23)24/h3-9,19H,10H2,1-2H3. The molecule has 1 heterocycles. The van der Waals surface area contributed by atoms with Crippen molar-refractivity contribution in [2.45, 2.75) is 25.6 Å². The van der Waals surface area contributed by atoms with E-state index < -0.39 is 24.2 Å². The predicted octanol–water partition coefficient (Wildman–Crippen LogP) is 5.09. The first kappa shape index (κ1) is 22.5. The van der Waals surface area contributed by atoms with Gasteiger partial charge in [-0.15, -0.1) is 5.10 Å². The van der Waals surface area contributed by atoms with Crippen LogP contribution in [-0.2, 0) is 0 Å². The van der Waals surface area contributed by atoms with E-state index in [0.717, 1.165) is 34.6 Å². The maximum absolute atomic E-state index is 12.7. The highest BCUT2D eigenvalue weighted by atomic mass is 32.2. The molecule has 1 aromatic heterocycles. The Morgan fingerprint density at radius 2 is 1.97 bits per heavy atom. The summed E-state index contributed by atoms with van der Waals surface area (Å²) in [6.07, 6.45) is -1.52. The molecule has 0 amide bonds. The van der Waals surface area contributed by atoms with E-state index in [1.54, 1.807) is 0 Å². The van der Waals surface area contributed by atoms with Gasteiger partial charge in [0.05, 0.1) is 17.0 Å². The van der Waals surface area contributed by atoms with E-state index in [9.17, 15) is 22.4 Å². The minimum Gasteiger partial charge on any atom is -0.434 e. The Morgan fingerprint density at radius 1 is 1.19 bits per heavy atom. The Hall–Kier alpha value is -3.21. The van der Waals surface area contributed by atoms with E-state index in [-0.39, 0.29) is 16.9 Å². The van der Waals surface area contributed by atoms with Crippen LogP contribution < -0.4 is 4.74 Å². The van der Waals surface area contributed by atoms with Crippen LogP contribution in [0.2, 0.25) is 0 Å². The lowest BCUT2D eigenvalue weighted by Crippen LogP contribution is -2.10. The maximum atomic E-state index is 12.7. The highest BCUT2D eigenvalue weighted by Crippen LogP contribution is 2.28. The Morgan fingerprint density at radius 3 is 2.68 bits per heavy atom. The number of carbonyl (C=O) groups excluding carboxylic acids is 1. The Kier molecular flexibility index (Phi) is 7.06. The molecular formula is C20H16F4N4O2S. The number of alkyl halides is 2. The second-order valence-corrected chi connectivity index (χ2v) is 7.39. The molecule has 0 aliphatic heterocycles. The number of halogens is 4. The zero-order valence-electron chi connectivity index (χ0n) is 16.4. The van der Waals surface area contributed by atoms with Gasteiger partial charge in [0.1, 0.15) is 5.75 Å². The predicted molar refractivity (Wildman–Crippen MR) is 107 cm³/mol. The van der Waals surface area contributed by atoms with E-state index in [0.29, 0.717) is 11.2 Å². The molecule has 0 aliphatic rings. The van der Waals surface area contributed by atoms with E-state index in [1.165, 1.54) is 16.8 Å². The molecule has 0 bridgehead atoms. The average molecular weight is 452 g/mol. The van der Waals surface area contributed by atoms with Crippen LogP contribution >= 0.6 is 11.8 Å². The van der Waals surface area contributed by atoms with Crippen molar-refractivity contribution in [3.8, 4) is 11.4 Å². The van der Waals surface area contributed by atoms with Crippen molar-refractivity contribution < 1.29 is 27.1 Å². The lowest BCUT2D eigenvalue weighted by atomic mass is 10.1. The third-order valence-electron chi connectivity index (χ3n) is 4.16. The van der Waals surface area contributed by atoms with Crippen LogP contribution in [0.4, 0.5) is 17.6 Å². The van der Waals surface area contributed by atoms with Crippen molar-refractivity contribution in [1.29, 1.82) is 0 Å². The third kappa shape index (κ3) is 5.69. The highest BCUT2D eigenvalue weighted by molar-refractivity contribution is 7.99. The summed E-state index contributed by atoms with van der Waals surface area (Å²) in [5.41, 5.74) is 2.43. The minimum absolute atomic E-state index is 0.0706. The molecule has 0 saturated carbocycles. The number of Topliss-reactive ketones (excluding diaryl/α,β-unsaturated/α-hetero) is 1. The number of hydrogen-bond donors (Lipinski definition) is 0. The van der Waals surface area contributed by atoms with E-state index in [4.69, 9.17) is 0 Å². The molecule has 0 radical (unpaired) electrons. The van der Waals surface area contributed by atoms with Crippen LogP contribution in [0, 0.1) is 13.8 Å². The molecular weight excluding hydrogens is 436 g/mol. The molecule has 11 heteroatoms. The van der Waals surface area contributed by atoms with Crippen molar-refractivity contribution in [2.24, 2.45) is 0 Å². The molecule has 0 atom stereocenters. The van der Waals surface area contributed by atoms with Crippen LogP contribution in [0.3, 0.4) is 0 Å². The number of ketones is 1. The van der Waals surface area contributed by atoms with Gasteiger partial charge in [-0.25, -0.2) is 0 Å². The van der Waals surface area contributed by atoms with E-state index in [2.05, 4.69) is 20.3 Å². The minimum atomic E-state index is -3.22. The molecule has 0 saturated heterocycles. The lowest BCUT2D eigenvalue weighted by Gasteiger charge is -2.11. The van der Waals surface area contributed by atoms with Gasteiger partial charge in [0.15, 0.2) is 5.78 Å². The number of carbonyl (C=O) groups is 1. The van der Waals surface area contributed by atoms with Crippen molar-refractivity contribution in [3.05, 3.63) is 64.7 Å². The maximum Gasteiger partial charge on any atom is 0.387 e. The number of aromatic nitrogens is 4. The van der Waals surface area contributed by atoms with Crippen LogP contribution in [0.5, 0.6) is 5.75 Å². The van der Waals surface area contributed by atoms with Crippen molar-refractivity contribution in [2.75, 3.05) is 5.75 Å². The van der Waals surface area contributed by atoms with Gasteiger partial charge in [-0.2, -0.15) is 22.2 Å². The molecule has 0 spiro atoms. The summed E-state index contributed by atoms with van der Waals surface area (Å²) < 4.78 is 56.3. The van der Waals surface area contributed by atoms with Gasteiger partial charge in [-0.05, 0) is 59.2 Å². The van der Waals surface area contributed by atoms with Gasteiger partial charge in [-0.3, -0.25) is 4.79 Å². The number of aryl methyl sites for hydroxylation is 2. The molecule has 6 nitrogen and oxygen atoms in total. The van der Waals surface area contributed by atoms with Gasteiger partial charge in [0.25, 0.3) is 6.08 Å². The number of thioether (sulfide) groups is 1. The molecule has 0 unspecified atom stereocenters. The number of tetrazole rings is 1. The number of nitrogens with zero attached hydrogens (tertiary/aromatic N) is 4. The second kappa shape index (κ2) is 9.73. The van der Waals surface area contributed by atoms with Crippen LogP contribution in [-0.4, -0.2) is 38.4 Å². The zero-order chi connectivity index (χ0) is 22.5. The van der Waals surface area contributed by atoms with Gasteiger partial charge in [-0.1, -0.05) is 30.0 Å². The van der Waals surface area contributed by atoms with E-state index >= 15 is 0 Å². The van der Waals surface area contributed by atoms with Crippen LogP contribution in [0.25, 0.3) is 11.8 Å². The molecule has 162 valence electrons. The molecule has 0 fully saturated rings. The summed E-state index contributed by atoms with van der Waals surface area (Å²) in [6.45, 7) is 0.590. The smallest absolute Gasteiger partial charge is 0.387 e. The fourth-order valence-corrected chi connectivity index (χ4v) is 3.52. The molecule has 0 aliphatic carbocycles. The fourth-order valence-electron chi connectivity index (χ4n) is 2.75. The molecule has 3 rings (SSSR count). The summed E-state index contributed by atoms with van der Waals surface area (Å²) in [4.78, 5) is 12.7. The quantitative estimate of drug-likeness (QED) is 0.269. The van der Waals surface area contributed by atoms with E-state index in [1.807, 2.05) is 32.0 Å². The largest absolute Gasteiger partial charge is 0.434 e. The number of rotatable bonds is 8. The van der Waals surface area contributed by atoms with Crippen LogP contribution in [0.15, 0.2) is 47.6 Å². The zero-order valence-corrected chi connectivity index (χ0v) is 17.2. The Bertz CT molecular complexity index is 1130. The normalized spacial score (nSPS) is 10.9. The Labute approximate surface area is 178 Å². The average Bonchev–Trinajstić information content (AvgIpc) is 3.15. The lowest BCUT2D eigenvalue weighted by molar-refractivity contribution is -0.0501. The third-order valence-corrected chi connectivity index (χ3v) is 5.08. The number of benzene rings is 2. The summed E-state index contributed by atoms with van der Waals surface area (Å²) in [5.74, 6) is -1.21. The second-order valence-electron chi connectivity index (χ2n) is 6.44. The molecule has 31 heavy (non-hydrogen) atoms. The summed E-state index contributed by atoms with van der Waals surface area (Å²) in [7, 11) is 0.